The van der Waals surface area contributed by atoms with Crippen LogP contribution in [0.4, 0.5) is 5.82 Å². The smallest absolute Gasteiger partial charge is 0.180 e. The summed E-state index contributed by atoms with van der Waals surface area (Å²) in [5.74, 6) is 3.20. The molecule has 0 spiro atoms. The Labute approximate surface area is 191 Å². The lowest BCUT2D eigenvalue weighted by Crippen LogP contribution is -2.36. The van der Waals surface area contributed by atoms with E-state index in [0.29, 0.717) is 18.6 Å². The number of hydrogen-bond donors (Lipinski definition) is 1. The third-order valence-electron chi connectivity index (χ3n) is 5.66. The molecule has 9 heteroatoms. The van der Waals surface area contributed by atoms with Crippen LogP contribution in [0.1, 0.15) is 12.2 Å². The van der Waals surface area contributed by atoms with Gasteiger partial charge in [0.05, 0.1) is 38.7 Å². The van der Waals surface area contributed by atoms with Crippen molar-refractivity contribution in [3.05, 3.63) is 78.7 Å². The number of aryl methyl sites for hydroxylation is 1. The fourth-order valence-corrected chi connectivity index (χ4v) is 3.95. The maximum atomic E-state index is 5.56. The highest BCUT2D eigenvalue weighted by atomic mass is 16.5. The minimum Gasteiger partial charge on any atom is -0.501 e. The molecule has 0 saturated heterocycles. The first-order valence-electron chi connectivity index (χ1n) is 10.6. The van der Waals surface area contributed by atoms with E-state index in [1.165, 1.54) is 0 Å². The Bertz CT molecular complexity index is 1320. The van der Waals surface area contributed by atoms with Crippen LogP contribution in [0.25, 0.3) is 22.4 Å². The van der Waals surface area contributed by atoms with Crippen molar-refractivity contribution in [2.75, 3.05) is 19.1 Å². The van der Waals surface area contributed by atoms with E-state index in [1.807, 2.05) is 54.5 Å². The summed E-state index contributed by atoms with van der Waals surface area (Å²) < 4.78 is 13.1. The van der Waals surface area contributed by atoms with Crippen molar-refractivity contribution in [3.8, 4) is 11.3 Å². The standard InChI is InChI=1S/C24H25N7O2/c1-30-9-6-16(14-30)21-13-27-20-4-5-23(29-24(20)28-21)31(15-22-25-7-8-26-22)17-10-18(32-2)12-19(11-17)33-3/h4-10,12-14,17H,11,15H2,1-3H3,(H,25,26). The Morgan fingerprint density at radius 3 is 2.79 bits per heavy atom. The Hall–Kier alpha value is -4.14. The summed E-state index contributed by atoms with van der Waals surface area (Å²) in [6.45, 7) is 0.534. The summed E-state index contributed by atoms with van der Waals surface area (Å²) in [6, 6.07) is 5.89. The second-order valence-electron chi connectivity index (χ2n) is 7.86. The van der Waals surface area contributed by atoms with E-state index in [4.69, 9.17) is 19.4 Å². The second kappa shape index (κ2) is 8.78. The van der Waals surface area contributed by atoms with Crippen LogP contribution in [-0.4, -0.2) is 49.7 Å². The Morgan fingerprint density at radius 2 is 2.06 bits per heavy atom. The maximum absolute atomic E-state index is 5.56. The van der Waals surface area contributed by atoms with Crippen LogP contribution < -0.4 is 4.90 Å². The SMILES string of the molecule is COC1=CC(N(Cc2ncc[nH]2)c2ccc3ncc(-c4ccn(C)c4)nc3n2)CC(OC)=C1. The van der Waals surface area contributed by atoms with Crippen molar-refractivity contribution in [2.24, 2.45) is 7.05 Å². The van der Waals surface area contributed by atoms with E-state index < -0.39 is 0 Å². The van der Waals surface area contributed by atoms with Crippen LogP contribution in [0.5, 0.6) is 0 Å². The number of nitrogens with one attached hydrogen (secondary N) is 1. The molecule has 9 nitrogen and oxygen atoms in total. The van der Waals surface area contributed by atoms with E-state index >= 15 is 0 Å². The van der Waals surface area contributed by atoms with E-state index in [2.05, 4.69) is 25.9 Å². The highest BCUT2D eigenvalue weighted by Gasteiger charge is 2.25. The average Bonchev–Trinajstić information content (AvgIpc) is 3.53. The predicted octanol–water partition coefficient (Wildman–Crippen LogP) is 3.59. The van der Waals surface area contributed by atoms with Crippen LogP contribution in [0.2, 0.25) is 0 Å². The van der Waals surface area contributed by atoms with E-state index in [0.717, 1.165) is 39.9 Å². The summed E-state index contributed by atoms with van der Waals surface area (Å²) >= 11 is 0. The van der Waals surface area contributed by atoms with Gasteiger partial charge in [0.25, 0.3) is 0 Å². The molecule has 4 aromatic heterocycles. The molecule has 0 radical (unpaired) electrons. The summed E-state index contributed by atoms with van der Waals surface area (Å²) in [7, 11) is 5.31. The number of rotatable bonds is 7. The molecule has 0 aliphatic heterocycles. The van der Waals surface area contributed by atoms with Gasteiger partial charge in [-0.1, -0.05) is 0 Å². The van der Waals surface area contributed by atoms with Crippen LogP contribution >= 0.6 is 0 Å². The molecule has 4 aromatic rings. The van der Waals surface area contributed by atoms with Gasteiger partial charge in [0.1, 0.15) is 28.7 Å². The van der Waals surface area contributed by atoms with Gasteiger partial charge in [-0.2, -0.15) is 0 Å². The zero-order valence-electron chi connectivity index (χ0n) is 18.8. The molecule has 33 heavy (non-hydrogen) atoms. The number of fused-ring (bicyclic) bond motifs is 1. The molecular weight excluding hydrogens is 418 g/mol. The van der Waals surface area contributed by atoms with Gasteiger partial charge in [-0.3, -0.25) is 4.98 Å². The molecule has 1 aliphatic rings. The number of hydrogen-bond acceptors (Lipinski definition) is 7. The normalized spacial score (nSPS) is 15.8. The summed E-state index contributed by atoms with van der Waals surface area (Å²) in [6.07, 6.45) is 14.0. The number of aromatic nitrogens is 6. The molecule has 168 valence electrons. The lowest BCUT2D eigenvalue weighted by Gasteiger charge is -2.32. The second-order valence-corrected chi connectivity index (χ2v) is 7.86. The summed E-state index contributed by atoms with van der Waals surface area (Å²) in [5, 5.41) is 0. The Kier molecular flexibility index (Phi) is 5.52. The lowest BCUT2D eigenvalue weighted by atomic mass is 10.0. The van der Waals surface area contributed by atoms with Gasteiger partial charge in [0.15, 0.2) is 5.65 Å². The molecule has 0 saturated carbocycles. The van der Waals surface area contributed by atoms with Gasteiger partial charge in [0.2, 0.25) is 0 Å². The van der Waals surface area contributed by atoms with Crippen molar-refractivity contribution < 1.29 is 9.47 Å². The third-order valence-corrected chi connectivity index (χ3v) is 5.66. The molecule has 1 atom stereocenters. The molecule has 1 aliphatic carbocycles. The van der Waals surface area contributed by atoms with Crippen molar-refractivity contribution >= 4 is 17.0 Å². The maximum Gasteiger partial charge on any atom is 0.180 e. The number of anilines is 1. The zero-order chi connectivity index (χ0) is 22.8. The van der Waals surface area contributed by atoms with E-state index in [9.17, 15) is 0 Å². The average molecular weight is 444 g/mol. The number of imidazole rings is 1. The molecule has 4 heterocycles. The third kappa shape index (κ3) is 4.30. The Morgan fingerprint density at radius 1 is 1.15 bits per heavy atom. The van der Waals surface area contributed by atoms with Gasteiger partial charge in [0, 0.05) is 49.9 Å². The molecule has 0 bridgehead atoms. The van der Waals surface area contributed by atoms with Crippen LogP contribution in [-0.2, 0) is 23.1 Å². The minimum absolute atomic E-state index is 0.0415. The number of allylic oxidation sites excluding steroid dienone is 1. The highest BCUT2D eigenvalue weighted by Crippen LogP contribution is 2.28. The molecule has 0 aromatic carbocycles. The number of aromatic amines is 1. The summed E-state index contributed by atoms with van der Waals surface area (Å²) in [5.41, 5.74) is 3.12. The van der Waals surface area contributed by atoms with Crippen molar-refractivity contribution in [1.29, 1.82) is 0 Å². The van der Waals surface area contributed by atoms with Crippen molar-refractivity contribution in [1.82, 2.24) is 29.5 Å². The van der Waals surface area contributed by atoms with Gasteiger partial charge < -0.3 is 23.9 Å². The number of methoxy groups -OCH3 is 2. The van der Waals surface area contributed by atoms with Gasteiger partial charge in [-0.25, -0.2) is 15.0 Å². The first-order valence-corrected chi connectivity index (χ1v) is 10.6. The molecule has 5 rings (SSSR count). The topological polar surface area (TPSA) is 94.0 Å². The molecule has 1 unspecified atom stereocenters. The lowest BCUT2D eigenvalue weighted by molar-refractivity contribution is 0.251. The van der Waals surface area contributed by atoms with Gasteiger partial charge in [-0.05, 0) is 24.3 Å². The number of nitrogens with zero attached hydrogens (tertiary/aromatic N) is 6. The first kappa shape index (κ1) is 20.7. The Balaban J connectivity index is 1.56. The quantitative estimate of drug-likeness (QED) is 0.466. The monoisotopic (exact) mass is 443 g/mol. The van der Waals surface area contributed by atoms with E-state index in [-0.39, 0.29) is 6.04 Å². The fourth-order valence-electron chi connectivity index (χ4n) is 3.95. The number of ether oxygens (including phenoxy) is 2. The minimum atomic E-state index is -0.0415. The van der Waals surface area contributed by atoms with E-state index in [1.54, 1.807) is 26.6 Å². The number of pyridine rings is 1. The molecular formula is C24H25N7O2. The molecule has 1 N–H and O–H groups in total. The first-order chi connectivity index (χ1) is 16.1. The highest BCUT2D eigenvalue weighted by molar-refractivity contribution is 5.75. The fraction of sp³-hybridized carbons (Fsp3) is 0.250. The molecule has 0 amide bonds. The zero-order valence-corrected chi connectivity index (χ0v) is 18.8. The largest absolute Gasteiger partial charge is 0.501 e. The summed E-state index contributed by atoms with van der Waals surface area (Å²) in [4.78, 5) is 24.0. The van der Waals surface area contributed by atoms with Crippen LogP contribution in [0, 0.1) is 0 Å². The number of H-pyrrole nitrogens is 1. The van der Waals surface area contributed by atoms with Crippen LogP contribution in [0.3, 0.4) is 0 Å². The molecule has 0 fully saturated rings. The predicted molar refractivity (Wildman–Crippen MR) is 125 cm³/mol. The van der Waals surface area contributed by atoms with Gasteiger partial charge >= 0.3 is 0 Å². The van der Waals surface area contributed by atoms with Crippen molar-refractivity contribution in [2.45, 2.75) is 19.0 Å². The van der Waals surface area contributed by atoms with Gasteiger partial charge in [-0.15, -0.1) is 0 Å². The van der Waals surface area contributed by atoms with Crippen LogP contribution in [0.15, 0.2) is 72.9 Å². The van der Waals surface area contributed by atoms with Crippen molar-refractivity contribution in [3.63, 3.8) is 0 Å².